The number of hydrogen-bond acceptors (Lipinski definition) is 2. The van der Waals surface area contributed by atoms with Crippen LogP contribution in [0.5, 0.6) is 0 Å². The number of carbonyl (C=O) groups excluding carboxylic acids is 1. The van der Waals surface area contributed by atoms with E-state index in [0.29, 0.717) is 23.0 Å². The second-order valence-corrected chi connectivity index (χ2v) is 4.50. The minimum atomic E-state index is -0.179. The van der Waals surface area contributed by atoms with Gasteiger partial charge in [-0.2, -0.15) is 0 Å². The first-order valence-electron chi connectivity index (χ1n) is 5.30. The van der Waals surface area contributed by atoms with Crippen LogP contribution in [0.15, 0.2) is 24.3 Å². The molecule has 0 radical (unpaired) electrons. The Labute approximate surface area is 113 Å². The molecule has 1 amide bonds. The third kappa shape index (κ3) is 4.94. The lowest BCUT2D eigenvalue weighted by Gasteiger charge is -2.16. The molecule has 0 aliphatic heterocycles. The van der Waals surface area contributed by atoms with Gasteiger partial charge in [-0.25, -0.2) is 0 Å². The molecule has 3 N–H and O–H groups in total. The summed E-state index contributed by atoms with van der Waals surface area (Å²) in [5, 5.41) is 3.23. The lowest BCUT2D eigenvalue weighted by Crippen LogP contribution is -2.40. The van der Waals surface area contributed by atoms with Crippen molar-refractivity contribution in [3.8, 4) is 0 Å². The van der Waals surface area contributed by atoms with E-state index in [2.05, 4.69) is 5.32 Å². The van der Waals surface area contributed by atoms with Gasteiger partial charge in [0.1, 0.15) is 0 Å². The van der Waals surface area contributed by atoms with Crippen LogP contribution < -0.4 is 11.1 Å². The summed E-state index contributed by atoms with van der Waals surface area (Å²) in [6.07, 6.45) is 0. The molecular weight excluding hydrogens is 259 g/mol. The van der Waals surface area contributed by atoms with Crippen LogP contribution >= 0.6 is 24.0 Å². The summed E-state index contributed by atoms with van der Waals surface area (Å²) >= 11 is 5.90. The Morgan fingerprint density at radius 2 is 2.00 bits per heavy atom. The van der Waals surface area contributed by atoms with Crippen molar-refractivity contribution in [1.82, 2.24) is 5.32 Å². The molecule has 17 heavy (non-hydrogen) atoms. The predicted octanol–water partition coefficient (Wildman–Crippen LogP) is 2.47. The topological polar surface area (TPSA) is 55.1 Å². The van der Waals surface area contributed by atoms with Gasteiger partial charge in [-0.1, -0.05) is 37.6 Å². The van der Waals surface area contributed by atoms with Crippen molar-refractivity contribution in [3.05, 3.63) is 34.9 Å². The zero-order valence-electron chi connectivity index (χ0n) is 9.94. The third-order valence-corrected chi connectivity index (χ3v) is 2.80. The second-order valence-electron chi connectivity index (χ2n) is 4.10. The molecule has 1 aromatic carbocycles. The van der Waals surface area contributed by atoms with E-state index in [9.17, 15) is 4.79 Å². The molecule has 0 saturated carbocycles. The third-order valence-electron chi connectivity index (χ3n) is 2.47. The molecule has 0 spiro atoms. The van der Waals surface area contributed by atoms with Crippen LogP contribution in [0.4, 0.5) is 0 Å². The predicted molar refractivity (Wildman–Crippen MR) is 73.8 cm³/mol. The molecule has 0 aliphatic rings. The van der Waals surface area contributed by atoms with E-state index in [0.717, 1.165) is 0 Å². The smallest absolute Gasteiger partial charge is 0.252 e. The molecule has 1 aromatic rings. The van der Waals surface area contributed by atoms with Crippen molar-refractivity contribution in [2.75, 3.05) is 6.54 Å². The van der Waals surface area contributed by atoms with Gasteiger partial charge in [-0.05, 0) is 18.1 Å². The standard InChI is InChI=1S/C12H17ClN2O.ClH/c1-8(2)11(14)7-15-12(16)9-5-3-4-6-10(9)13;/h3-6,8,11H,7,14H2,1-2H3,(H,15,16);1H. The van der Waals surface area contributed by atoms with Gasteiger partial charge < -0.3 is 11.1 Å². The zero-order chi connectivity index (χ0) is 12.1. The number of nitrogens with one attached hydrogen (secondary N) is 1. The van der Waals surface area contributed by atoms with Gasteiger partial charge in [0.05, 0.1) is 10.6 Å². The summed E-state index contributed by atoms with van der Waals surface area (Å²) < 4.78 is 0. The van der Waals surface area contributed by atoms with Gasteiger partial charge in [0, 0.05) is 12.6 Å². The molecule has 0 saturated heterocycles. The molecule has 0 bridgehead atoms. The number of nitrogens with two attached hydrogens (primary N) is 1. The minimum absolute atomic E-state index is 0. The lowest BCUT2D eigenvalue weighted by atomic mass is 10.1. The second kappa shape index (κ2) is 7.54. The van der Waals surface area contributed by atoms with Gasteiger partial charge in [-0.3, -0.25) is 4.79 Å². The Bertz CT molecular complexity index is 369. The van der Waals surface area contributed by atoms with Gasteiger partial charge in [0.25, 0.3) is 5.91 Å². The van der Waals surface area contributed by atoms with Crippen molar-refractivity contribution in [1.29, 1.82) is 0 Å². The number of amides is 1. The average molecular weight is 277 g/mol. The highest BCUT2D eigenvalue weighted by molar-refractivity contribution is 6.33. The van der Waals surface area contributed by atoms with Crippen LogP contribution in [0.2, 0.25) is 5.02 Å². The van der Waals surface area contributed by atoms with Gasteiger partial charge in [0.2, 0.25) is 0 Å². The monoisotopic (exact) mass is 276 g/mol. The van der Waals surface area contributed by atoms with Crippen molar-refractivity contribution >= 4 is 29.9 Å². The van der Waals surface area contributed by atoms with Gasteiger partial charge >= 0.3 is 0 Å². The summed E-state index contributed by atoms with van der Waals surface area (Å²) in [7, 11) is 0. The highest BCUT2D eigenvalue weighted by atomic mass is 35.5. The van der Waals surface area contributed by atoms with E-state index in [1.54, 1.807) is 24.3 Å². The Kier molecular flexibility index (Phi) is 7.19. The molecule has 96 valence electrons. The Morgan fingerprint density at radius 1 is 1.41 bits per heavy atom. The van der Waals surface area contributed by atoms with Crippen LogP contribution in [-0.2, 0) is 0 Å². The number of carbonyl (C=O) groups is 1. The molecule has 1 unspecified atom stereocenters. The summed E-state index contributed by atoms with van der Waals surface area (Å²) in [5.41, 5.74) is 6.32. The Morgan fingerprint density at radius 3 is 2.53 bits per heavy atom. The normalized spacial score (nSPS) is 11.8. The first kappa shape index (κ1) is 16.2. The van der Waals surface area contributed by atoms with E-state index < -0.39 is 0 Å². The van der Waals surface area contributed by atoms with Crippen LogP contribution in [0, 0.1) is 5.92 Å². The lowest BCUT2D eigenvalue weighted by molar-refractivity contribution is 0.0949. The number of benzene rings is 1. The summed E-state index contributed by atoms with van der Waals surface area (Å²) in [4.78, 5) is 11.7. The molecule has 5 heteroatoms. The zero-order valence-corrected chi connectivity index (χ0v) is 11.5. The van der Waals surface area contributed by atoms with Gasteiger partial charge in [0.15, 0.2) is 0 Å². The van der Waals surface area contributed by atoms with Crippen molar-refractivity contribution in [3.63, 3.8) is 0 Å². The maximum Gasteiger partial charge on any atom is 0.252 e. The maximum atomic E-state index is 11.7. The summed E-state index contributed by atoms with van der Waals surface area (Å²) in [6, 6.07) is 6.92. The fourth-order valence-corrected chi connectivity index (χ4v) is 1.41. The minimum Gasteiger partial charge on any atom is -0.350 e. The van der Waals surface area contributed by atoms with Crippen LogP contribution in [0.1, 0.15) is 24.2 Å². The molecular formula is C12H18Cl2N2O. The van der Waals surface area contributed by atoms with Crippen LogP contribution in [-0.4, -0.2) is 18.5 Å². The highest BCUT2D eigenvalue weighted by Crippen LogP contribution is 2.14. The molecule has 0 fully saturated rings. The number of hydrogen-bond donors (Lipinski definition) is 2. The van der Waals surface area contributed by atoms with E-state index in [1.165, 1.54) is 0 Å². The SMILES string of the molecule is CC(C)C(N)CNC(=O)c1ccccc1Cl.Cl. The van der Waals surface area contributed by atoms with E-state index in [-0.39, 0.29) is 24.4 Å². The van der Waals surface area contributed by atoms with E-state index in [1.807, 2.05) is 13.8 Å². The van der Waals surface area contributed by atoms with E-state index >= 15 is 0 Å². The fourth-order valence-electron chi connectivity index (χ4n) is 1.19. The molecule has 0 aromatic heterocycles. The Hall–Kier alpha value is -0.770. The first-order chi connectivity index (χ1) is 7.52. The summed E-state index contributed by atoms with van der Waals surface area (Å²) in [5.74, 6) is 0.160. The molecule has 1 rings (SSSR count). The fraction of sp³-hybridized carbons (Fsp3) is 0.417. The van der Waals surface area contributed by atoms with Crippen molar-refractivity contribution in [2.45, 2.75) is 19.9 Å². The van der Waals surface area contributed by atoms with E-state index in [4.69, 9.17) is 17.3 Å². The number of halogens is 2. The summed E-state index contributed by atoms with van der Waals surface area (Å²) in [6.45, 7) is 4.50. The van der Waals surface area contributed by atoms with Crippen LogP contribution in [0.3, 0.4) is 0 Å². The molecule has 0 heterocycles. The van der Waals surface area contributed by atoms with Gasteiger partial charge in [-0.15, -0.1) is 12.4 Å². The number of rotatable bonds is 4. The molecule has 3 nitrogen and oxygen atoms in total. The largest absolute Gasteiger partial charge is 0.350 e. The average Bonchev–Trinajstić information content (AvgIpc) is 2.25. The van der Waals surface area contributed by atoms with Crippen LogP contribution in [0.25, 0.3) is 0 Å². The highest BCUT2D eigenvalue weighted by Gasteiger charge is 2.12. The van der Waals surface area contributed by atoms with Crippen molar-refractivity contribution in [2.24, 2.45) is 11.7 Å². The van der Waals surface area contributed by atoms with Crippen molar-refractivity contribution < 1.29 is 4.79 Å². The Balaban J connectivity index is 0.00000256. The maximum absolute atomic E-state index is 11.7. The molecule has 0 aliphatic carbocycles. The quantitative estimate of drug-likeness (QED) is 0.888. The molecule has 1 atom stereocenters. The first-order valence-corrected chi connectivity index (χ1v) is 5.68.